The molecule has 1 aliphatic rings. The van der Waals surface area contributed by atoms with Gasteiger partial charge in [0.2, 0.25) is 5.95 Å². The lowest BCUT2D eigenvalue weighted by molar-refractivity contribution is 0.326. The normalized spacial score (nSPS) is 22.0. The van der Waals surface area contributed by atoms with E-state index in [1.807, 2.05) is 12.3 Å². The van der Waals surface area contributed by atoms with Crippen LogP contribution < -0.4 is 10.2 Å². The highest BCUT2D eigenvalue weighted by Crippen LogP contribution is 2.29. The number of hydrogen-bond acceptors (Lipinski definition) is 6. The molecule has 0 bridgehead atoms. The number of H-pyrrole nitrogens is 1. The fourth-order valence-corrected chi connectivity index (χ4v) is 4.12. The maximum absolute atomic E-state index is 13.8. The molecule has 0 saturated carbocycles. The number of halogens is 2. The molecule has 1 fully saturated rings. The van der Waals surface area contributed by atoms with Crippen molar-refractivity contribution >= 4 is 23.2 Å². The molecule has 1 aliphatic heterocycles. The number of aromatic nitrogens is 6. The Morgan fingerprint density at radius 3 is 2.90 bits per heavy atom. The average Bonchev–Trinajstić information content (AvgIpc) is 3.40. The number of hydrogen-bond donors (Lipinski definition) is 2. The van der Waals surface area contributed by atoms with Crippen molar-refractivity contribution in [1.82, 2.24) is 34.6 Å². The van der Waals surface area contributed by atoms with E-state index < -0.39 is 5.82 Å². The van der Waals surface area contributed by atoms with Crippen LogP contribution in [0.5, 0.6) is 0 Å². The molecule has 0 aliphatic carbocycles. The summed E-state index contributed by atoms with van der Waals surface area (Å²) in [5.41, 5.74) is 2.82. The number of fused-ring (bicyclic) bond motifs is 1. The number of rotatable bonds is 3. The van der Waals surface area contributed by atoms with Crippen molar-refractivity contribution in [3.63, 3.8) is 0 Å². The van der Waals surface area contributed by atoms with Crippen LogP contribution in [-0.4, -0.2) is 47.9 Å². The van der Waals surface area contributed by atoms with Gasteiger partial charge >= 0.3 is 0 Å². The van der Waals surface area contributed by atoms with E-state index in [4.69, 9.17) is 16.6 Å². The van der Waals surface area contributed by atoms with Crippen LogP contribution in [0.3, 0.4) is 0 Å². The van der Waals surface area contributed by atoms with Crippen molar-refractivity contribution in [1.29, 1.82) is 0 Å². The second-order valence-corrected chi connectivity index (χ2v) is 7.92. The molecule has 4 aromatic heterocycles. The van der Waals surface area contributed by atoms with Crippen LogP contribution in [0.25, 0.3) is 17.0 Å². The summed E-state index contributed by atoms with van der Waals surface area (Å²) in [4.78, 5) is 23.2. The summed E-state index contributed by atoms with van der Waals surface area (Å²) in [5.74, 6) is 0.120. The van der Waals surface area contributed by atoms with Crippen molar-refractivity contribution in [2.75, 3.05) is 11.4 Å². The quantitative estimate of drug-likeness (QED) is 0.523. The van der Waals surface area contributed by atoms with Crippen molar-refractivity contribution in [3.8, 4) is 11.4 Å². The van der Waals surface area contributed by atoms with Crippen LogP contribution in [0.2, 0.25) is 5.02 Å². The molecule has 3 unspecified atom stereocenters. The first-order valence-electron chi connectivity index (χ1n) is 9.68. The third-order valence-corrected chi connectivity index (χ3v) is 5.74. The molecule has 8 nitrogen and oxygen atoms in total. The molecule has 0 spiro atoms. The van der Waals surface area contributed by atoms with Crippen LogP contribution in [0.1, 0.15) is 25.6 Å². The summed E-state index contributed by atoms with van der Waals surface area (Å²) in [7, 11) is 0. The molecule has 0 radical (unpaired) electrons. The minimum absolute atomic E-state index is 0.0300. The number of anilines is 1. The van der Waals surface area contributed by atoms with Gasteiger partial charge in [-0.3, -0.25) is 4.40 Å². The molecule has 30 heavy (non-hydrogen) atoms. The standard InChI is InChI=1S/C20H20ClFN8/c1-11-8-29(12(2)19(27-11)16-6-23-10-26-16)20-24-4-3-15(28-20)17-7-25-18-5-14(22)13(21)9-30(17)18/h3-7,9-12,19,27H,8H2,1-2H3,(H,23,26). The smallest absolute Gasteiger partial charge is 0.226 e. The molecular formula is C20H20ClFN8. The molecule has 10 heteroatoms. The van der Waals surface area contributed by atoms with E-state index in [-0.39, 0.29) is 23.1 Å². The van der Waals surface area contributed by atoms with E-state index >= 15 is 0 Å². The van der Waals surface area contributed by atoms with Crippen LogP contribution >= 0.6 is 11.6 Å². The Bertz CT molecular complexity index is 1190. The Balaban J connectivity index is 1.53. The predicted molar refractivity (Wildman–Crippen MR) is 112 cm³/mol. The molecule has 0 aromatic carbocycles. The van der Waals surface area contributed by atoms with Gasteiger partial charge < -0.3 is 15.2 Å². The third kappa shape index (κ3) is 3.20. The number of imidazole rings is 2. The molecule has 5 heterocycles. The van der Waals surface area contributed by atoms with Crippen LogP contribution in [-0.2, 0) is 0 Å². The Morgan fingerprint density at radius 2 is 2.10 bits per heavy atom. The van der Waals surface area contributed by atoms with Gasteiger partial charge in [0, 0.05) is 37.2 Å². The SMILES string of the molecule is CC1CN(c2nccc(-c3cnc4cc(F)c(Cl)cn34)n2)C(C)C(c2c[nH]cn2)N1. The highest BCUT2D eigenvalue weighted by atomic mass is 35.5. The molecule has 0 amide bonds. The monoisotopic (exact) mass is 426 g/mol. The van der Waals surface area contributed by atoms with E-state index in [1.165, 1.54) is 12.3 Å². The van der Waals surface area contributed by atoms with E-state index in [0.29, 0.717) is 17.3 Å². The van der Waals surface area contributed by atoms with Gasteiger partial charge in [0.05, 0.1) is 46.7 Å². The van der Waals surface area contributed by atoms with Crippen molar-refractivity contribution in [2.45, 2.75) is 32.0 Å². The summed E-state index contributed by atoms with van der Waals surface area (Å²) in [5, 5.41) is 3.63. The molecule has 4 aromatic rings. The predicted octanol–water partition coefficient (Wildman–Crippen LogP) is 3.23. The van der Waals surface area contributed by atoms with Crippen LogP contribution in [0, 0.1) is 5.82 Å². The molecule has 5 rings (SSSR count). The average molecular weight is 427 g/mol. The lowest BCUT2D eigenvalue weighted by Gasteiger charge is -2.42. The van der Waals surface area contributed by atoms with E-state index in [0.717, 1.165) is 17.9 Å². The Hall–Kier alpha value is -3.04. The van der Waals surface area contributed by atoms with Crippen LogP contribution in [0.4, 0.5) is 10.3 Å². The number of pyridine rings is 1. The van der Waals surface area contributed by atoms with E-state index in [9.17, 15) is 4.39 Å². The molecule has 2 N–H and O–H groups in total. The molecule has 154 valence electrons. The largest absolute Gasteiger partial charge is 0.351 e. The Labute approximate surface area is 177 Å². The highest BCUT2D eigenvalue weighted by Gasteiger charge is 2.34. The van der Waals surface area contributed by atoms with Gasteiger partial charge in [-0.25, -0.2) is 24.3 Å². The Kier molecular flexibility index (Phi) is 4.63. The summed E-state index contributed by atoms with van der Waals surface area (Å²) in [6, 6.07) is 3.48. The van der Waals surface area contributed by atoms with Crippen LogP contribution in [0.15, 0.2) is 43.2 Å². The highest BCUT2D eigenvalue weighted by molar-refractivity contribution is 6.30. The first-order valence-corrected chi connectivity index (χ1v) is 10.1. The second kappa shape index (κ2) is 7.33. The first-order chi connectivity index (χ1) is 14.5. The number of aromatic amines is 1. The van der Waals surface area contributed by atoms with Gasteiger partial charge in [0.1, 0.15) is 11.5 Å². The third-order valence-electron chi connectivity index (χ3n) is 5.46. The summed E-state index contributed by atoms with van der Waals surface area (Å²) in [6.45, 7) is 5.02. The number of piperazine rings is 1. The number of nitrogens with one attached hydrogen (secondary N) is 2. The minimum Gasteiger partial charge on any atom is -0.351 e. The maximum Gasteiger partial charge on any atom is 0.226 e. The fourth-order valence-electron chi connectivity index (χ4n) is 3.97. The van der Waals surface area contributed by atoms with Crippen molar-refractivity contribution in [3.05, 3.63) is 59.8 Å². The van der Waals surface area contributed by atoms with Gasteiger partial charge in [-0.2, -0.15) is 0 Å². The van der Waals surface area contributed by atoms with Gasteiger partial charge in [-0.15, -0.1) is 0 Å². The lowest BCUT2D eigenvalue weighted by atomic mass is 10.00. The lowest BCUT2D eigenvalue weighted by Crippen LogP contribution is -2.56. The zero-order valence-corrected chi connectivity index (χ0v) is 17.2. The Morgan fingerprint density at radius 1 is 1.23 bits per heavy atom. The molecule has 3 atom stereocenters. The van der Waals surface area contributed by atoms with E-state index in [2.05, 4.69) is 44.0 Å². The van der Waals surface area contributed by atoms with Gasteiger partial charge in [0.25, 0.3) is 0 Å². The van der Waals surface area contributed by atoms with E-state index in [1.54, 1.807) is 23.1 Å². The summed E-state index contributed by atoms with van der Waals surface area (Å²) in [6.07, 6.45) is 8.49. The van der Waals surface area contributed by atoms with Crippen molar-refractivity contribution < 1.29 is 4.39 Å². The summed E-state index contributed by atoms with van der Waals surface area (Å²) < 4.78 is 15.5. The minimum atomic E-state index is -0.502. The number of nitrogens with zero attached hydrogens (tertiary/aromatic N) is 6. The zero-order chi connectivity index (χ0) is 20.8. The molecule has 1 saturated heterocycles. The van der Waals surface area contributed by atoms with Gasteiger partial charge in [-0.05, 0) is 19.9 Å². The maximum atomic E-state index is 13.8. The topological polar surface area (TPSA) is 87.0 Å². The first kappa shape index (κ1) is 19.0. The van der Waals surface area contributed by atoms with Crippen molar-refractivity contribution in [2.24, 2.45) is 0 Å². The fraction of sp³-hybridized carbons (Fsp3) is 0.300. The second-order valence-electron chi connectivity index (χ2n) is 7.52. The zero-order valence-electron chi connectivity index (χ0n) is 16.4. The summed E-state index contributed by atoms with van der Waals surface area (Å²) >= 11 is 5.98. The molecular weight excluding hydrogens is 407 g/mol. The van der Waals surface area contributed by atoms with Gasteiger partial charge in [0.15, 0.2) is 0 Å². The van der Waals surface area contributed by atoms with Gasteiger partial charge in [-0.1, -0.05) is 11.6 Å².